The fraction of sp³-hybridized carbons (Fsp3) is 0.750. The highest BCUT2D eigenvalue weighted by Crippen LogP contribution is 2.48. The van der Waals surface area contributed by atoms with Crippen molar-refractivity contribution in [1.29, 1.82) is 0 Å². The van der Waals surface area contributed by atoms with Crippen LogP contribution in [-0.2, 0) is 5.41 Å². The topological polar surface area (TPSA) is 70.1 Å². The quantitative estimate of drug-likeness (QED) is 0.721. The van der Waals surface area contributed by atoms with Crippen LogP contribution in [0.15, 0.2) is 6.07 Å². The molecule has 3 N–H and O–H groups in total. The first-order valence-corrected chi connectivity index (χ1v) is 7.87. The Balaban J connectivity index is 2.12. The Labute approximate surface area is 127 Å². The molecule has 0 amide bonds. The maximum absolute atomic E-state index is 9.14. The smallest absolute Gasteiger partial charge is 0.138 e. The third-order valence-corrected chi connectivity index (χ3v) is 4.00. The molecular weight excluding hydrogens is 264 g/mol. The van der Waals surface area contributed by atoms with Crippen molar-refractivity contribution in [2.75, 3.05) is 30.3 Å². The summed E-state index contributed by atoms with van der Waals surface area (Å²) < 4.78 is 0. The average Bonchev–Trinajstić information content (AvgIpc) is 3.16. The van der Waals surface area contributed by atoms with E-state index in [0.717, 1.165) is 37.0 Å². The second-order valence-corrected chi connectivity index (χ2v) is 7.07. The van der Waals surface area contributed by atoms with E-state index in [1.165, 1.54) is 12.8 Å². The number of aliphatic hydroxyl groups excluding tert-OH is 1. The lowest BCUT2D eigenvalue weighted by molar-refractivity contribution is 0.253. The van der Waals surface area contributed by atoms with Crippen LogP contribution in [0.4, 0.5) is 11.6 Å². The summed E-state index contributed by atoms with van der Waals surface area (Å²) in [4.78, 5) is 9.24. The van der Waals surface area contributed by atoms with Gasteiger partial charge < -0.3 is 15.7 Å². The van der Waals surface area contributed by atoms with Crippen molar-refractivity contribution < 1.29 is 5.11 Å². The molecule has 0 aromatic carbocycles. The summed E-state index contributed by atoms with van der Waals surface area (Å²) in [5.74, 6) is 2.58. The molecule has 2 rings (SSSR count). The van der Waals surface area contributed by atoms with E-state index in [9.17, 15) is 0 Å². The van der Waals surface area contributed by atoms with Crippen LogP contribution in [0.25, 0.3) is 0 Å². The van der Waals surface area contributed by atoms with Gasteiger partial charge in [0, 0.05) is 31.2 Å². The number of aromatic nitrogens is 2. The molecule has 21 heavy (non-hydrogen) atoms. The fourth-order valence-corrected chi connectivity index (χ4v) is 2.35. The Hall–Kier alpha value is -1.36. The summed E-state index contributed by atoms with van der Waals surface area (Å²) in [6, 6.07) is 1.97. The van der Waals surface area contributed by atoms with Gasteiger partial charge >= 0.3 is 0 Å². The molecule has 118 valence electrons. The first-order valence-electron chi connectivity index (χ1n) is 7.87. The van der Waals surface area contributed by atoms with E-state index in [2.05, 4.69) is 48.3 Å². The van der Waals surface area contributed by atoms with E-state index in [1.54, 1.807) is 0 Å². The molecular formula is C16H28N4O. The number of aliphatic hydroxyl groups is 1. The van der Waals surface area contributed by atoms with Crippen molar-refractivity contribution in [3.63, 3.8) is 0 Å². The van der Waals surface area contributed by atoms with E-state index in [0.29, 0.717) is 0 Å². The van der Waals surface area contributed by atoms with Crippen LogP contribution in [-0.4, -0.2) is 34.8 Å². The Bertz CT molecular complexity index is 478. The zero-order valence-corrected chi connectivity index (χ0v) is 13.7. The molecule has 0 spiro atoms. The van der Waals surface area contributed by atoms with Gasteiger partial charge in [-0.1, -0.05) is 20.8 Å². The molecule has 0 unspecified atom stereocenters. The summed E-state index contributed by atoms with van der Waals surface area (Å²) in [5.41, 5.74) is 0.199. The number of hydrogen-bond donors (Lipinski definition) is 3. The fourth-order valence-electron chi connectivity index (χ4n) is 2.35. The van der Waals surface area contributed by atoms with Gasteiger partial charge in [0.25, 0.3) is 0 Å². The lowest BCUT2D eigenvalue weighted by Crippen LogP contribution is -2.21. The molecule has 1 heterocycles. The van der Waals surface area contributed by atoms with Gasteiger partial charge in [0.05, 0.1) is 0 Å². The first kappa shape index (κ1) is 16.0. The minimum absolute atomic E-state index is 0.0791. The molecule has 1 aliphatic rings. The second kappa shape index (κ2) is 6.18. The summed E-state index contributed by atoms with van der Waals surface area (Å²) in [6.45, 7) is 10.4. The Morgan fingerprint density at radius 3 is 2.29 bits per heavy atom. The van der Waals surface area contributed by atoms with Gasteiger partial charge in [0.2, 0.25) is 0 Å². The van der Waals surface area contributed by atoms with Crippen molar-refractivity contribution in [2.24, 2.45) is 5.41 Å². The summed E-state index contributed by atoms with van der Waals surface area (Å²) in [5, 5.41) is 15.8. The monoisotopic (exact) mass is 292 g/mol. The van der Waals surface area contributed by atoms with Crippen LogP contribution >= 0.6 is 0 Å². The molecule has 1 aromatic heterocycles. The molecule has 5 nitrogen and oxygen atoms in total. The van der Waals surface area contributed by atoms with Crippen molar-refractivity contribution >= 4 is 11.6 Å². The molecule has 0 bridgehead atoms. The Morgan fingerprint density at radius 2 is 1.81 bits per heavy atom. The number of nitrogens with zero attached hydrogens (tertiary/aromatic N) is 2. The highest BCUT2D eigenvalue weighted by atomic mass is 16.3. The molecule has 1 aromatic rings. The second-order valence-electron chi connectivity index (χ2n) is 7.07. The zero-order chi connectivity index (χ0) is 15.5. The van der Waals surface area contributed by atoms with Gasteiger partial charge in [-0.2, -0.15) is 0 Å². The van der Waals surface area contributed by atoms with E-state index < -0.39 is 0 Å². The van der Waals surface area contributed by atoms with Crippen LogP contribution in [0.1, 0.15) is 52.8 Å². The lowest BCUT2D eigenvalue weighted by atomic mass is 9.96. The van der Waals surface area contributed by atoms with Crippen molar-refractivity contribution in [3.8, 4) is 0 Å². The average molecular weight is 292 g/mol. The number of nitrogens with one attached hydrogen (secondary N) is 2. The predicted molar refractivity (Wildman–Crippen MR) is 86.8 cm³/mol. The third-order valence-electron chi connectivity index (χ3n) is 4.00. The maximum Gasteiger partial charge on any atom is 0.138 e. The van der Waals surface area contributed by atoms with Crippen LogP contribution in [0.2, 0.25) is 0 Å². The van der Waals surface area contributed by atoms with Gasteiger partial charge in [-0.15, -0.1) is 0 Å². The standard InChI is InChI=1S/C16H28N4O/c1-5-17-12-10-13(20-14(19-12)15(2,3)4)18-11-16(6-7-16)8-9-21/h10,21H,5-9,11H2,1-4H3,(H2,17,18,19,20). The summed E-state index contributed by atoms with van der Waals surface area (Å²) >= 11 is 0. The maximum atomic E-state index is 9.14. The number of rotatable bonds is 7. The lowest BCUT2D eigenvalue weighted by Gasteiger charge is -2.20. The Kier molecular flexibility index (Phi) is 4.71. The molecule has 0 radical (unpaired) electrons. The SMILES string of the molecule is CCNc1cc(NCC2(CCO)CC2)nc(C(C)(C)C)n1. The molecule has 0 aliphatic heterocycles. The van der Waals surface area contributed by atoms with Crippen LogP contribution in [0.5, 0.6) is 0 Å². The summed E-state index contributed by atoms with van der Waals surface area (Å²) in [7, 11) is 0. The van der Waals surface area contributed by atoms with Crippen molar-refractivity contribution in [3.05, 3.63) is 11.9 Å². The zero-order valence-electron chi connectivity index (χ0n) is 13.7. The normalized spacial score (nSPS) is 16.6. The number of hydrogen-bond acceptors (Lipinski definition) is 5. The third kappa shape index (κ3) is 4.30. The summed E-state index contributed by atoms with van der Waals surface area (Å²) in [6.07, 6.45) is 3.26. The minimum Gasteiger partial charge on any atom is -0.396 e. The highest BCUT2D eigenvalue weighted by Gasteiger charge is 2.41. The minimum atomic E-state index is -0.0791. The van der Waals surface area contributed by atoms with Crippen LogP contribution in [0.3, 0.4) is 0 Å². The Morgan fingerprint density at radius 1 is 1.19 bits per heavy atom. The molecule has 1 saturated carbocycles. The molecule has 0 saturated heterocycles. The van der Waals surface area contributed by atoms with E-state index in [4.69, 9.17) is 5.11 Å². The van der Waals surface area contributed by atoms with Crippen molar-refractivity contribution in [2.45, 2.75) is 52.4 Å². The van der Waals surface area contributed by atoms with Crippen molar-refractivity contribution in [1.82, 2.24) is 9.97 Å². The predicted octanol–water partition coefficient (Wildman–Crippen LogP) is 2.78. The van der Waals surface area contributed by atoms with E-state index in [1.807, 2.05) is 6.07 Å². The van der Waals surface area contributed by atoms with Gasteiger partial charge in [-0.05, 0) is 31.6 Å². The number of anilines is 2. The van der Waals surface area contributed by atoms with Gasteiger partial charge in [-0.3, -0.25) is 0 Å². The highest BCUT2D eigenvalue weighted by molar-refractivity contribution is 5.48. The van der Waals surface area contributed by atoms with Crippen LogP contribution < -0.4 is 10.6 Å². The largest absolute Gasteiger partial charge is 0.396 e. The molecule has 1 aliphatic carbocycles. The van der Waals surface area contributed by atoms with E-state index >= 15 is 0 Å². The van der Waals surface area contributed by atoms with Gasteiger partial charge in [0.15, 0.2) is 0 Å². The van der Waals surface area contributed by atoms with Crippen LogP contribution in [0, 0.1) is 5.41 Å². The first-order chi connectivity index (χ1) is 9.88. The van der Waals surface area contributed by atoms with E-state index in [-0.39, 0.29) is 17.4 Å². The van der Waals surface area contributed by atoms with Gasteiger partial charge in [-0.25, -0.2) is 9.97 Å². The molecule has 1 fully saturated rings. The molecule has 5 heteroatoms. The van der Waals surface area contributed by atoms with Gasteiger partial charge in [0.1, 0.15) is 17.5 Å². The molecule has 0 atom stereocenters.